The molecule has 0 amide bonds. The molecular weight excluding hydrogens is 214 g/mol. The van der Waals surface area contributed by atoms with Crippen LogP contribution >= 0.6 is 15.9 Å². The van der Waals surface area contributed by atoms with Gasteiger partial charge in [-0.3, -0.25) is 0 Å². The molecule has 3 unspecified atom stereocenters. The predicted octanol–water partition coefficient (Wildman–Crippen LogP) is 2.67. The van der Waals surface area contributed by atoms with Gasteiger partial charge in [-0.25, -0.2) is 0 Å². The summed E-state index contributed by atoms with van der Waals surface area (Å²) < 4.78 is 1.07. The Morgan fingerprint density at radius 1 is 1.42 bits per heavy atom. The van der Waals surface area contributed by atoms with E-state index in [1.165, 1.54) is 25.7 Å². The first-order valence-corrected chi connectivity index (χ1v) is 5.61. The van der Waals surface area contributed by atoms with Gasteiger partial charge in [0.1, 0.15) is 0 Å². The van der Waals surface area contributed by atoms with Gasteiger partial charge in [0.05, 0.1) is 0 Å². The molecule has 0 radical (unpaired) electrons. The maximum atomic E-state index is 3.83. The van der Waals surface area contributed by atoms with Crippen LogP contribution in [0.5, 0.6) is 0 Å². The first-order chi connectivity index (χ1) is 5.75. The minimum atomic E-state index is 0.790. The molecule has 1 N–H and O–H groups in total. The summed E-state index contributed by atoms with van der Waals surface area (Å²) in [6, 6.07) is 0.790. The summed E-state index contributed by atoms with van der Waals surface area (Å²) in [5.74, 6) is 2.01. The molecule has 0 heterocycles. The Labute approximate surface area is 82.7 Å². The van der Waals surface area contributed by atoms with E-state index in [0.29, 0.717) is 0 Å². The Kier molecular flexibility index (Phi) is 2.56. The second-order valence-electron chi connectivity index (χ2n) is 4.18. The number of halogens is 1. The van der Waals surface area contributed by atoms with Crippen LogP contribution in [-0.4, -0.2) is 12.6 Å². The van der Waals surface area contributed by atoms with Crippen molar-refractivity contribution in [1.82, 2.24) is 5.32 Å². The summed E-state index contributed by atoms with van der Waals surface area (Å²) in [6.45, 7) is 4.77. The van der Waals surface area contributed by atoms with Crippen molar-refractivity contribution in [2.45, 2.75) is 31.7 Å². The standard InChI is InChI=1S/C10H16BrN/c1-7(11)6-12-10-5-8-2-3-9(10)4-8/h8-10,12H,1-6H2. The molecule has 2 saturated carbocycles. The largest absolute Gasteiger partial charge is 0.309 e. The summed E-state index contributed by atoms with van der Waals surface area (Å²) in [7, 11) is 0. The average Bonchev–Trinajstić information content (AvgIpc) is 2.60. The molecule has 3 atom stereocenters. The Morgan fingerprint density at radius 2 is 2.25 bits per heavy atom. The second-order valence-corrected chi connectivity index (χ2v) is 5.30. The topological polar surface area (TPSA) is 12.0 Å². The first kappa shape index (κ1) is 8.76. The van der Waals surface area contributed by atoms with Gasteiger partial charge in [-0.05, 0) is 31.1 Å². The van der Waals surface area contributed by atoms with E-state index in [4.69, 9.17) is 0 Å². The van der Waals surface area contributed by atoms with Gasteiger partial charge in [0.2, 0.25) is 0 Å². The van der Waals surface area contributed by atoms with Gasteiger partial charge in [-0.15, -0.1) is 0 Å². The monoisotopic (exact) mass is 229 g/mol. The van der Waals surface area contributed by atoms with Crippen LogP contribution in [-0.2, 0) is 0 Å². The number of nitrogens with one attached hydrogen (secondary N) is 1. The highest BCUT2D eigenvalue weighted by Gasteiger charge is 2.38. The molecule has 0 spiro atoms. The van der Waals surface area contributed by atoms with Gasteiger partial charge in [-0.1, -0.05) is 28.9 Å². The summed E-state index contributed by atoms with van der Waals surface area (Å²) in [5.41, 5.74) is 0. The van der Waals surface area contributed by atoms with Crippen LogP contribution in [0.15, 0.2) is 11.1 Å². The zero-order chi connectivity index (χ0) is 8.55. The highest BCUT2D eigenvalue weighted by molar-refractivity contribution is 9.11. The number of hydrogen-bond donors (Lipinski definition) is 1. The molecule has 2 heteroatoms. The number of hydrogen-bond acceptors (Lipinski definition) is 1. The normalized spacial score (nSPS) is 38.9. The summed E-state index contributed by atoms with van der Waals surface area (Å²) in [5, 5.41) is 3.57. The molecule has 0 aromatic rings. The third kappa shape index (κ3) is 1.74. The molecule has 2 aliphatic carbocycles. The van der Waals surface area contributed by atoms with E-state index in [-0.39, 0.29) is 0 Å². The maximum absolute atomic E-state index is 3.83. The minimum Gasteiger partial charge on any atom is -0.309 e. The molecule has 2 aliphatic rings. The van der Waals surface area contributed by atoms with Crippen molar-refractivity contribution in [2.24, 2.45) is 11.8 Å². The molecule has 0 saturated heterocycles. The van der Waals surface area contributed by atoms with Crippen molar-refractivity contribution in [3.8, 4) is 0 Å². The second kappa shape index (κ2) is 3.51. The molecule has 0 aromatic heterocycles. The highest BCUT2D eigenvalue weighted by atomic mass is 79.9. The summed E-state index contributed by atoms with van der Waals surface area (Å²) in [4.78, 5) is 0. The predicted molar refractivity (Wildman–Crippen MR) is 55.3 cm³/mol. The van der Waals surface area contributed by atoms with Crippen LogP contribution in [0.2, 0.25) is 0 Å². The lowest BCUT2D eigenvalue weighted by Crippen LogP contribution is -2.34. The third-order valence-corrected chi connectivity index (χ3v) is 3.57. The SMILES string of the molecule is C=C(Br)CNC1CC2CCC1C2. The Balaban J connectivity index is 1.79. The zero-order valence-corrected chi connectivity index (χ0v) is 8.94. The fraction of sp³-hybridized carbons (Fsp3) is 0.800. The van der Waals surface area contributed by atoms with E-state index >= 15 is 0 Å². The van der Waals surface area contributed by atoms with Crippen molar-refractivity contribution in [1.29, 1.82) is 0 Å². The van der Waals surface area contributed by atoms with Gasteiger partial charge >= 0.3 is 0 Å². The van der Waals surface area contributed by atoms with Gasteiger partial charge < -0.3 is 5.32 Å². The van der Waals surface area contributed by atoms with Crippen molar-refractivity contribution in [3.63, 3.8) is 0 Å². The molecule has 12 heavy (non-hydrogen) atoms. The van der Waals surface area contributed by atoms with Gasteiger partial charge in [0.25, 0.3) is 0 Å². The van der Waals surface area contributed by atoms with Crippen molar-refractivity contribution >= 4 is 15.9 Å². The molecular formula is C10H16BrN. The summed E-state index contributed by atoms with van der Waals surface area (Å²) >= 11 is 3.38. The van der Waals surface area contributed by atoms with E-state index in [1.54, 1.807) is 0 Å². The number of fused-ring (bicyclic) bond motifs is 2. The third-order valence-electron chi connectivity index (χ3n) is 3.29. The van der Waals surface area contributed by atoms with E-state index in [2.05, 4.69) is 27.8 Å². The van der Waals surface area contributed by atoms with Crippen LogP contribution in [0.1, 0.15) is 25.7 Å². The van der Waals surface area contributed by atoms with Crippen molar-refractivity contribution < 1.29 is 0 Å². The van der Waals surface area contributed by atoms with Crippen molar-refractivity contribution in [2.75, 3.05) is 6.54 Å². The molecule has 0 aromatic carbocycles. The lowest BCUT2D eigenvalue weighted by Gasteiger charge is -2.22. The van der Waals surface area contributed by atoms with Crippen LogP contribution in [0.3, 0.4) is 0 Å². The molecule has 2 rings (SSSR count). The van der Waals surface area contributed by atoms with Gasteiger partial charge in [0, 0.05) is 17.1 Å². The van der Waals surface area contributed by atoms with E-state index in [0.717, 1.165) is 28.9 Å². The summed E-state index contributed by atoms with van der Waals surface area (Å²) in [6.07, 6.45) is 5.83. The molecule has 2 bridgehead atoms. The molecule has 68 valence electrons. The fourth-order valence-corrected chi connectivity index (χ4v) is 2.90. The Hall–Kier alpha value is 0.180. The van der Waals surface area contributed by atoms with E-state index in [9.17, 15) is 0 Å². The lowest BCUT2D eigenvalue weighted by molar-refractivity contribution is 0.362. The van der Waals surface area contributed by atoms with Gasteiger partial charge in [-0.2, -0.15) is 0 Å². The quantitative estimate of drug-likeness (QED) is 0.785. The van der Waals surface area contributed by atoms with Crippen LogP contribution in [0.4, 0.5) is 0 Å². The van der Waals surface area contributed by atoms with Gasteiger partial charge in [0.15, 0.2) is 0 Å². The lowest BCUT2D eigenvalue weighted by atomic mass is 9.95. The molecule has 2 fully saturated rings. The first-order valence-electron chi connectivity index (χ1n) is 4.82. The minimum absolute atomic E-state index is 0.790. The molecule has 0 aliphatic heterocycles. The van der Waals surface area contributed by atoms with E-state index < -0.39 is 0 Å². The maximum Gasteiger partial charge on any atom is 0.0268 e. The van der Waals surface area contributed by atoms with Crippen molar-refractivity contribution in [3.05, 3.63) is 11.1 Å². The van der Waals surface area contributed by atoms with Crippen LogP contribution in [0.25, 0.3) is 0 Å². The Bertz CT molecular complexity index is 190. The van der Waals surface area contributed by atoms with Crippen LogP contribution < -0.4 is 5.32 Å². The molecule has 1 nitrogen and oxygen atoms in total. The van der Waals surface area contributed by atoms with Crippen LogP contribution in [0, 0.1) is 11.8 Å². The fourth-order valence-electron chi connectivity index (χ4n) is 2.74. The highest BCUT2D eigenvalue weighted by Crippen LogP contribution is 2.44. The Morgan fingerprint density at radius 3 is 2.75 bits per heavy atom. The number of rotatable bonds is 3. The van der Waals surface area contributed by atoms with E-state index in [1.807, 2.05) is 0 Å². The smallest absolute Gasteiger partial charge is 0.0268 e. The zero-order valence-electron chi connectivity index (χ0n) is 7.35. The average molecular weight is 230 g/mol.